The van der Waals surface area contributed by atoms with Crippen LogP contribution in [0.1, 0.15) is 43.3 Å². The summed E-state index contributed by atoms with van der Waals surface area (Å²) in [4.78, 5) is 25.3. The van der Waals surface area contributed by atoms with Crippen LogP contribution in [0.25, 0.3) is 0 Å². The molecule has 1 amide bonds. The number of hydrogen-bond acceptors (Lipinski definition) is 7. The average molecular weight is 313 g/mol. The Labute approximate surface area is 127 Å². The first kappa shape index (κ1) is 15.8. The monoisotopic (exact) mass is 313 g/mol. The number of carbonyl (C=O) groups is 2. The lowest BCUT2D eigenvalue weighted by Gasteiger charge is -2.19. The summed E-state index contributed by atoms with van der Waals surface area (Å²) in [6, 6.07) is 0. The summed E-state index contributed by atoms with van der Waals surface area (Å²) in [5.41, 5.74) is 0. The Bertz CT molecular complexity index is 484. The maximum atomic E-state index is 12.1. The summed E-state index contributed by atoms with van der Waals surface area (Å²) >= 11 is 1.15. The summed E-state index contributed by atoms with van der Waals surface area (Å²) in [5.74, 6) is -0.514. The van der Waals surface area contributed by atoms with Crippen LogP contribution in [-0.4, -0.2) is 52.4 Å². The molecule has 0 N–H and O–H groups in total. The fourth-order valence-electron chi connectivity index (χ4n) is 2.08. The first-order valence-electron chi connectivity index (χ1n) is 7.12. The Morgan fingerprint density at radius 1 is 1.24 bits per heavy atom. The van der Waals surface area contributed by atoms with Crippen LogP contribution in [0.4, 0.5) is 0 Å². The van der Waals surface area contributed by atoms with E-state index in [-0.39, 0.29) is 29.4 Å². The normalized spacial score (nSPS) is 15.6. The van der Waals surface area contributed by atoms with Crippen LogP contribution in [-0.2, 0) is 9.53 Å². The van der Waals surface area contributed by atoms with E-state index in [1.807, 2.05) is 4.90 Å². The van der Waals surface area contributed by atoms with Gasteiger partial charge in [0.2, 0.25) is 5.91 Å². The molecule has 0 atom stereocenters. The second kappa shape index (κ2) is 8.02. The van der Waals surface area contributed by atoms with E-state index in [4.69, 9.17) is 9.15 Å². The van der Waals surface area contributed by atoms with Crippen molar-refractivity contribution in [1.82, 2.24) is 15.1 Å². The van der Waals surface area contributed by atoms with E-state index in [0.717, 1.165) is 37.7 Å². The molecule has 1 aliphatic heterocycles. The van der Waals surface area contributed by atoms with Crippen LogP contribution in [0.3, 0.4) is 0 Å². The minimum atomic E-state index is -0.643. The molecule has 7 nitrogen and oxygen atoms in total. The summed E-state index contributed by atoms with van der Waals surface area (Å²) in [6.07, 6.45) is 4.49. The van der Waals surface area contributed by atoms with Gasteiger partial charge in [-0.2, -0.15) is 0 Å². The van der Waals surface area contributed by atoms with Gasteiger partial charge in [-0.3, -0.25) is 4.79 Å². The Balaban J connectivity index is 1.82. The van der Waals surface area contributed by atoms with E-state index in [0.29, 0.717) is 0 Å². The predicted octanol–water partition coefficient (Wildman–Crippen LogP) is 1.74. The highest BCUT2D eigenvalue weighted by molar-refractivity contribution is 7.99. The molecule has 0 spiro atoms. The summed E-state index contributed by atoms with van der Waals surface area (Å²) in [7, 11) is 0. The number of esters is 1. The van der Waals surface area contributed by atoms with E-state index in [1.165, 1.54) is 12.8 Å². The molecule has 2 heterocycles. The Morgan fingerprint density at radius 2 is 1.95 bits per heavy atom. The third-order valence-electron chi connectivity index (χ3n) is 3.13. The molecule has 1 saturated heterocycles. The standard InChI is InChI=1S/C13H19N3O4S/c1-2-19-12(18)11-14-15-13(20-11)21-9-10(17)16-7-5-3-4-6-8-16/h2-9H2,1H3. The smallest absolute Gasteiger partial charge is 0.396 e. The van der Waals surface area contributed by atoms with Gasteiger partial charge in [0.05, 0.1) is 12.4 Å². The first-order chi connectivity index (χ1) is 10.2. The molecule has 1 fully saturated rings. The number of thioether (sulfide) groups is 1. The van der Waals surface area contributed by atoms with Crippen molar-refractivity contribution < 1.29 is 18.7 Å². The van der Waals surface area contributed by atoms with Crippen molar-refractivity contribution in [3.05, 3.63) is 5.89 Å². The summed E-state index contributed by atoms with van der Waals surface area (Å²) in [6.45, 7) is 3.58. The number of carbonyl (C=O) groups excluding carboxylic acids is 2. The minimum absolute atomic E-state index is 0.0674. The van der Waals surface area contributed by atoms with Crippen molar-refractivity contribution >= 4 is 23.6 Å². The Morgan fingerprint density at radius 3 is 2.62 bits per heavy atom. The minimum Gasteiger partial charge on any atom is -0.459 e. The zero-order valence-corrected chi connectivity index (χ0v) is 12.9. The van der Waals surface area contributed by atoms with Gasteiger partial charge in [0.25, 0.3) is 5.22 Å². The van der Waals surface area contributed by atoms with Crippen LogP contribution in [0, 0.1) is 0 Å². The molecule has 1 aromatic rings. The van der Waals surface area contributed by atoms with E-state index in [9.17, 15) is 9.59 Å². The zero-order valence-electron chi connectivity index (χ0n) is 12.0. The molecule has 116 valence electrons. The Kier molecular flexibility index (Phi) is 6.04. The number of ether oxygens (including phenoxy) is 1. The maximum Gasteiger partial charge on any atom is 0.396 e. The van der Waals surface area contributed by atoms with Crippen LogP contribution in [0.5, 0.6) is 0 Å². The maximum absolute atomic E-state index is 12.1. The van der Waals surface area contributed by atoms with Crippen LogP contribution in [0.15, 0.2) is 9.64 Å². The van der Waals surface area contributed by atoms with Gasteiger partial charge in [-0.25, -0.2) is 4.79 Å². The zero-order chi connectivity index (χ0) is 15.1. The molecule has 0 bridgehead atoms. The highest BCUT2D eigenvalue weighted by Gasteiger charge is 2.19. The second-order valence-electron chi connectivity index (χ2n) is 4.68. The lowest BCUT2D eigenvalue weighted by molar-refractivity contribution is -0.128. The molecule has 0 radical (unpaired) electrons. The van der Waals surface area contributed by atoms with Gasteiger partial charge >= 0.3 is 11.9 Å². The SMILES string of the molecule is CCOC(=O)c1nnc(SCC(=O)N2CCCCCC2)o1. The van der Waals surface area contributed by atoms with Crippen molar-refractivity contribution in [2.24, 2.45) is 0 Å². The third kappa shape index (κ3) is 4.73. The molecule has 1 aliphatic rings. The van der Waals surface area contributed by atoms with Crippen LogP contribution >= 0.6 is 11.8 Å². The van der Waals surface area contributed by atoms with Gasteiger partial charge in [0, 0.05) is 13.1 Å². The molecule has 2 rings (SSSR count). The number of amides is 1. The highest BCUT2D eigenvalue weighted by Crippen LogP contribution is 2.18. The fourth-order valence-corrected chi connectivity index (χ4v) is 2.74. The largest absolute Gasteiger partial charge is 0.459 e. The lowest BCUT2D eigenvalue weighted by atomic mass is 10.2. The van der Waals surface area contributed by atoms with Crippen molar-refractivity contribution in [1.29, 1.82) is 0 Å². The summed E-state index contributed by atoms with van der Waals surface area (Å²) in [5, 5.41) is 7.54. The third-order valence-corrected chi connectivity index (χ3v) is 3.94. The Hall–Kier alpha value is -1.57. The first-order valence-corrected chi connectivity index (χ1v) is 8.10. The molecule has 1 aromatic heterocycles. The number of likely N-dealkylation sites (tertiary alicyclic amines) is 1. The van der Waals surface area contributed by atoms with Gasteiger partial charge in [0.1, 0.15) is 0 Å². The molecule has 0 unspecified atom stereocenters. The molecule has 0 aromatic carbocycles. The van der Waals surface area contributed by atoms with Gasteiger partial charge < -0.3 is 14.1 Å². The molecule has 21 heavy (non-hydrogen) atoms. The van der Waals surface area contributed by atoms with E-state index in [1.54, 1.807) is 6.92 Å². The average Bonchev–Trinajstić information content (AvgIpc) is 2.78. The molecular formula is C13H19N3O4S. The molecule has 8 heteroatoms. The van der Waals surface area contributed by atoms with Gasteiger partial charge in [-0.15, -0.1) is 5.10 Å². The molecule has 0 saturated carbocycles. The number of nitrogens with zero attached hydrogens (tertiary/aromatic N) is 3. The predicted molar refractivity (Wildman–Crippen MR) is 76.0 cm³/mol. The second-order valence-corrected chi connectivity index (χ2v) is 5.60. The van der Waals surface area contributed by atoms with Crippen LogP contribution < -0.4 is 0 Å². The van der Waals surface area contributed by atoms with Gasteiger partial charge in [-0.1, -0.05) is 29.7 Å². The van der Waals surface area contributed by atoms with Crippen LogP contribution in [0.2, 0.25) is 0 Å². The van der Waals surface area contributed by atoms with E-state index in [2.05, 4.69) is 10.2 Å². The van der Waals surface area contributed by atoms with Gasteiger partial charge in [-0.05, 0) is 19.8 Å². The molecular weight excluding hydrogens is 294 g/mol. The lowest BCUT2D eigenvalue weighted by Crippen LogP contribution is -2.33. The summed E-state index contributed by atoms with van der Waals surface area (Å²) < 4.78 is 9.91. The van der Waals surface area contributed by atoms with E-state index < -0.39 is 5.97 Å². The quantitative estimate of drug-likeness (QED) is 0.604. The van der Waals surface area contributed by atoms with E-state index >= 15 is 0 Å². The molecule has 0 aliphatic carbocycles. The topological polar surface area (TPSA) is 85.5 Å². The number of rotatable bonds is 5. The fraction of sp³-hybridized carbons (Fsp3) is 0.692. The van der Waals surface area contributed by atoms with Crippen molar-refractivity contribution in [3.8, 4) is 0 Å². The number of hydrogen-bond donors (Lipinski definition) is 0. The highest BCUT2D eigenvalue weighted by atomic mass is 32.2. The van der Waals surface area contributed by atoms with Crippen molar-refractivity contribution in [2.45, 2.75) is 37.8 Å². The number of aromatic nitrogens is 2. The van der Waals surface area contributed by atoms with Crippen molar-refractivity contribution in [2.75, 3.05) is 25.4 Å². The van der Waals surface area contributed by atoms with Crippen molar-refractivity contribution in [3.63, 3.8) is 0 Å². The van der Waals surface area contributed by atoms with Gasteiger partial charge in [0.15, 0.2) is 0 Å².